The maximum Gasteiger partial charge on any atom is 0.417 e. The van der Waals surface area contributed by atoms with Gasteiger partial charge in [-0.15, -0.1) is 0 Å². The minimum absolute atomic E-state index is 0.0278. The van der Waals surface area contributed by atoms with Gasteiger partial charge in [0.1, 0.15) is 4.90 Å². The van der Waals surface area contributed by atoms with Gasteiger partial charge in [-0.25, -0.2) is 0 Å². The molecule has 0 saturated carbocycles. The third kappa shape index (κ3) is 2.32. The fourth-order valence-electron chi connectivity index (χ4n) is 1.58. The first-order valence-electron chi connectivity index (χ1n) is 4.69. The van der Waals surface area contributed by atoms with E-state index in [1.165, 1.54) is 24.3 Å². The monoisotopic (exact) mass is 275 g/mol. The number of alkyl halides is 3. The summed E-state index contributed by atoms with van der Waals surface area (Å²) in [5.74, 6) is 0. The molecule has 18 heavy (non-hydrogen) atoms. The molecule has 1 radical (unpaired) electrons. The van der Waals surface area contributed by atoms with Crippen molar-refractivity contribution in [1.29, 1.82) is 0 Å². The Balaban J connectivity index is 2.90. The molecule has 0 spiro atoms. The second-order valence-corrected chi connectivity index (χ2v) is 4.96. The molecule has 0 aliphatic carbocycles. The topological polar surface area (TPSA) is 54.4 Å². The van der Waals surface area contributed by atoms with Crippen molar-refractivity contribution in [1.82, 2.24) is 0 Å². The van der Waals surface area contributed by atoms with Crippen molar-refractivity contribution >= 4 is 20.9 Å². The van der Waals surface area contributed by atoms with Crippen molar-refractivity contribution in [2.45, 2.75) is 11.1 Å². The van der Waals surface area contributed by atoms with E-state index in [2.05, 4.69) is 6.07 Å². The maximum atomic E-state index is 12.8. The Hall–Kier alpha value is -1.60. The second-order valence-electron chi connectivity index (χ2n) is 3.57. The number of hydrogen-bond donors (Lipinski definition) is 1. The van der Waals surface area contributed by atoms with Crippen LogP contribution < -0.4 is 0 Å². The van der Waals surface area contributed by atoms with Crippen molar-refractivity contribution in [3.63, 3.8) is 0 Å². The predicted molar refractivity (Wildman–Crippen MR) is 57.6 cm³/mol. The van der Waals surface area contributed by atoms with E-state index in [1.54, 1.807) is 0 Å². The zero-order valence-corrected chi connectivity index (χ0v) is 9.51. The average Bonchev–Trinajstić information content (AvgIpc) is 2.25. The van der Waals surface area contributed by atoms with Crippen molar-refractivity contribution in [2.75, 3.05) is 0 Å². The SMILES string of the molecule is O=S(=O)(O)c1[c]c2ccccc2c(C(F)(F)F)c1. The van der Waals surface area contributed by atoms with Crippen LogP contribution in [0.4, 0.5) is 13.2 Å². The van der Waals surface area contributed by atoms with Crippen LogP contribution in [0.1, 0.15) is 5.56 Å². The first kappa shape index (κ1) is 12.8. The highest BCUT2D eigenvalue weighted by atomic mass is 32.2. The molecule has 3 nitrogen and oxygen atoms in total. The largest absolute Gasteiger partial charge is 0.417 e. The summed E-state index contributed by atoms with van der Waals surface area (Å²) in [6, 6.07) is 7.97. The number of halogens is 3. The van der Waals surface area contributed by atoms with Crippen LogP contribution in [0.25, 0.3) is 10.8 Å². The van der Waals surface area contributed by atoms with Gasteiger partial charge in [0.05, 0.1) is 5.56 Å². The van der Waals surface area contributed by atoms with Crippen LogP contribution in [0, 0.1) is 6.07 Å². The minimum Gasteiger partial charge on any atom is -0.282 e. The highest BCUT2D eigenvalue weighted by molar-refractivity contribution is 7.85. The third-order valence-corrected chi connectivity index (χ3v) is 3.11. The number of fused-ring (bicyclic) bond motifs is 1. The van der Waals surface area contributed by atoms with Gasteiger partial charge in [-0.1, -0.05) is 24.3 Å². The smallest absolute Gasteiger partial charge is 0.282 e. The van der Waals surface area contributed by atoms with E-state index >= 15 is 0 Å². The molecule has 7 heteroatoms. The summed E-state index contributed by atoms with van der Waals surface area (Å²) >= 11 is 0. The first-order chi connectivity index (χ1) is 8.19. The zero-order valence-electron chi connectivity index (χ0n) is 8.69. The molecule has 95 valence electrons. The quantitative estimate of drug-likeness (QED) is 0.814. The second kappa shape index (κ2) is 3.96. The van der Waals surface area contributed by atoms with Gasteiger partial charge in [0, 0.05) is 6.07 Å². The lowest BCUT2D eigenvalue weighted by atomic mass is 10.0. The van der Waals surface area contributed by atoms with E-state index in [-0.39, 0.29) is 10.8 Å². The molecule has 0 saturated heterocycles. The average molecular weight is 275 g/mol. The van der Waals surface area contributed by atoms with Gasteiger partial charge in [-0.05, 0) is 16.8 Å². The maximum absolute atomic E-state index is 12.8. The Kier molecular flexibility index (Phi) is 2.83. The van der Waals surface area contributed by atoms with Crippen molar-refractivity contribution < 1.29 is 26.1 Å². The van der Waals surface area contributed by atoms with Gasteiger partial charge in [-0.3, -0.25) is 4.55 Å². The van der Waals surface area contributed by atoms with Crippen molar-refractivity contribution in [2.24, 2.45) is 0 Å². The fourth-order valence-corrected chi connectivity index (χ4v) is 2.08. The molecule has 2 aromatic carbocycles. The summed E-state index contributed by atoms with van der Waals surface area (Å²) in [6.45, 7) is 0. The first-order valence-corrected chi connectivity index (χ1v) is 6.13. The highest BCUT2D eigenvalue weighted by Crippen LogP contribution is 2.36. The van der Waals surface area contributed by atoms with Crippen molar-refractivity contribution in [3.05, 3.63) is 42.0 Å². The minimum atomic E-state index is -4.73. The van der Waals surface area contributed by atoms with Crippen LogP contribution in [-0.2, 0) is 16.3 Å². The Morgan fingerprint density at radius 2 is 1.78 bits per heavy atom. The molecular weight excluding hydrogens is 269 g/mol. The summed E-state index contributed by atoms with van der Waals surface area (Å²) in [5, 5.41) is -0.197. The Morgan fingerprint density at radius 1 is 1.17 bits per heavy atom. The van der Waals surface area contributed by atoms with Crippen LogP contribution in [0.2, 0.25) is 0 Å². The molecule has 0 unspecified atom stereocenters. The molecule has 0 aliphatic heterocycles. The van der Waals surface area contributed by atoms with Crippen LogP contribution in [0.5, 0.6) is 0 Å². The molecule has 0 aliphatic rings. The summed E-state index contributed by atoms with van der Waals surface area (Å²) < 4.78 is 69.0. The number of hydrogen-bond acceptors (Lipinski definition) is 2. The third-order valence-electron chi connectivity index (χ3n) is 2.33. The molecule has 0 fully saturated rings. The molecule has 0 amide bonds. The molecular formula is C11H6F3O3S. The van der Waals surface area contributed by atoms with E-state index in [0.29, 0.717) is 6.07 Å². The van der Waals surface area contributed by atoms with Gasteiger partial charge in [0.2, 0.25) is 0 Å². The molecule has 0 bridgehead atoms. The van der Waals surface area contributed by atoms with E-state index in [0.717, 1.165) is 0 Å². The molecule has 0 aromatic heterocycles. The summed E-state index contributed by atoms with van der Waals surface area (Å²) in [7, 11) is -4.73. The van der Waals surface area contributed by atoms with Crippen LogP contribution in [0.15, 0.2) is 35.2 Å². The fraction of sp³-hybridized carbons (Fsp3) is 0.0909. The van der Waals surface area contributed by atoms with E-state index < -0.39 is 26.8 Å². The zero-order chi connectivity index (χ0) is 13.6. The Labute approximate surface area is 101 Å². The van der Waals surface area contributed by atoms with E-state index in [9.17, 15) is 21.6 Å². The predicted octanol–water partition coefficient (Wildman–Crippen LogP) is 2.91. The number of benzene rings is 2. The van der Waals surface area contributed by atoms with Crippen molar-refractivity contribution in [3.8, 4) is 0 Å². The van der Waals surface area contributed by atoms with E-state index in [1.807, 2.05) is 0 Å². The van der Waals surface area contributed by atoms with Gasteiger partial charge in [0.25, 0.3) is 10.1 Å². The molecule has 2 rings (SSSR count). The standard InChI is InChI=1S/C11H6F3O3S/c12-11(13,14)10-6-8(18(15,16)17)5-7-3-1-2-4-9(7)10/h1-4,6H,(H,15,16,17). The van der Waals surface area contributed by atoms with Crippen LogP contribution >= 0.6 is 0 Å². The molecule has 0 atom stereocenters. The molecule has 0 heterocycles. The summed E-state index contributed by atoms with van der Waals surface area (Å²) in [5.41, 5.74) is -1.12. The Bertz CT molecular complexity index is 705. The van der Waals surface area contributed by atoms with Crippen LogP contribution in [0.3, 0.4) is 0 Å². The number of rotatable bonds is 1. The van der Waals surface area contributed by atoms with Gasteiger partial charge >= 0.3 is 6.18 Å². The summed E-state index contributed by atoms with van der Waals surface area (Å²) in [6.07, 6.45) is -4.71. The van der Waals surface area contributed by atoms with Gasteiger partial charge in [0.15, 0.2) is 0 Å². The lowest BCUT2D eigenvalue weighted by Crippen LogP contribution is -2.08. The van der Waals surface area contributed by atoms with Gasteiger partial charge < -0.3 is 0 Å². The lowest BCUT2D eigenvalue weighted by Gasteiger charge is -2.11. The normalized spacial score (nSPS) is 12.9. The van der Waals surface area contributed by atoms with Gasteiger partial charge in [-0.2, -0.15) is 21.6 Å². The van der Waals surface area contributed by atoms with Crippen LogP contribution in [-0.4, -0.2) is 13.0 Å². The molecule has 2 aromatic rings. The highest BCUT2D eigenvalue weighted by Gasteiger charge is 2.34. The van der Waals surface area contributed by atoms with E-state index in [4.69, 9.17) is 4.55 Å². The Morgan fingerprint density at radius 3 is 2.33 bits per heavy atom. The lowest BCUT2D eigenvalue weighted by molar-refractivity contribution is -0.136. The summed E-state index contributed by atoms with van der Waals surface area (Å²) in [4.78, 5) is -0.895. The molecule has 1 N–H and O–H groups in total.